The summed E-state index contributed by atoms with van der Waals surface area (Å²) in [5.74, 6) is 0.163. The van der Waals surface area contributed by atoms with E-state index in [1.807, 2.05) is 37.3 Å². The quantitative estimate of drug-likeness (QED) is 0.395. The van der Waals surface area contributed by atoms with E-state index in [1.54, 1.807) is 6.21 Å². The van der Waals surface area contributed by atoms with E-state index in [2.05, 4.69) is 11.2 Å². The maximum atomic E-state index is 8.62. The lowest BCUT2D eigenvalue weighted by atomic mass is 10.1. The predicted octanol–water partition coefficient (Wildman–Crippen LogP) is 3.91. The minimum Gasteiger partial charge on any atom is -0.391 e. The van der Waals surface area contributed by atoms with Crippen LogP contribution in [0.25, 0.3) is 0 Å². The zero-order valence-electron chi connectivity index (χ0n) is 10.9. The Hall–Kier alpha value is -1.82. The van der Waals surface area contributed by atoms with Crippen LogP contribution in [0, 0.1) is 17.2 Å². The number of unbranched alkanes of at least 4 members (excludes halogenated alkanes) is 2. The third-order valence-electron chi connectivity index (χ3n) is 2.66. The van der Waals surface area contributed by atoms with Crippen LogP contribution in [-0.4, -0.2) is 6.21 Å². The summed E-state index contributed by atoms with van der Waals surface area (Å²) in [5, 5.41) is 12.5. The van der Waals surface area contributed by atoms with Crippen molar-refractivity contribution in [2.45, 2.75) is 39.2 Å². The SMILES string of the molecule is CC(C#N)CCCCC=NOCc1ccccc1. The monoisotopic (exact) mass is 244 g/mol. The highest BCUT2D eigenvalue weighted by Gasteiger charge is 1.97. The molecule has 0 aromatic heterocycles. The van der Waals surface area contributed by atoms with Crippen LogP contribution in [0.15, 0.2) is 35.5 Å². The van der Waals surface area contributed by atoms with Gasteiger partial charge in [-0.2, -0.15) is 5.26 Å². The molecule has 0 saturated heterocycles. The normalized spacial score (nSPS) is 12.2. The molecule has 0 amide bonds. The van der Waals surface area contributed by atoms with Gasteiger partial charge in [0.05, 0.1) is 6.07 Å². The first-order valence-corrected chi connectivity index (χ1v) is 6.40. The molecule has 0 spiro atoms. The van der Waals surface area contributed by atoms with E-state index >= 15 is 0 Å². The van der Waals surface area contributed by atoms with Gasteiger partial charge in [0.25, 0.3) is 0 Å². The van der Waals surface area contributed by atoms with Gasteiger partial charge in [0, 0.05) is 12.1 Å². The van der Waals surface area contributed by atoms with Crippen LogP contribution in [0.3, 0.4) is 0 Å². The molecule has 0 saturated carbocycles. The second-order valence-corrected chi connectivity index (χ2v) is 4.36. The molecule has 1 unspecified atom stereocenters. The van der Waals surface area contributed by atoms with Crippen LogP contribution in [0.4, 0.5) is 0 Å². The zero-order chi connectivity index (χ0) is 13.1. The van der Waals surface area contributed by atoms with E-state index in [1.165, 1.54) is 0 Å². The van der Waals surface area contributed by atoms with E-state index in [4.69, 9.17) is 10.1 Å². The van der Waals surface area contributed by atoms with E-state index in [9.17, 15) is 0 Å². The number of hydrogen-bond acceptors (Lipinski definition) is 3. The number of oxime groups is 1. The van der Waals surface area contributed by atoms with E-state index in [-0.39, 0.29) is 5.92 Å². The lowest BCUT2D eigenvalue weighted by Crippen LogP contribution is -1.90. The Labute approximate surface area is 109 Å². The summed E-state index contributed by atoms with van der Waals surface area (Å²) in [7, 11) is 0. The highest BCUT2D eigenvalue weighted by Crippen LogP contribution is 2.07. The number of nitriles is 1. The Morgan fingerprint density at radius 3 is 2.83 bits per heavy atom. The molecule has 0 aliphatic heterocycles. The first-order chi connectivity index (χ1) is 8.83. The highest BCUT2D eigenvalue weighted by molar-refractivity contribution is 5.56. The fraction of sp³-hybridized carbons (Fsp3) is 0.467. The molecule has 0 aliphatic carbocycles. The maximum Gasteiger partial charge on any atom is 0.142 e. The van der Waals surface area contributed by atoms with Gasteiger partial charge in [-0.15, -0.1) is 0 Å². The molecule has 3 heteroatoms. The van der Waals surface area contributed by atoms with E-state index in [0.29, 0.717) is 6.61 Å². The molecule has 1 aromatic carbocycles. The molecule has 0 aliphatic rings. The Balaban J connectivity index is 2.00. The largest absolute Gasteiger partial charge is 0.391 e. The summed E-state index contributed by atoms with van der Waals surface area (Å²) in [4.78, 5) is 5.19. The third kappa shape index (κ3) is 6.70. The topological polar surface area (TPSA) is 45.4 Å². The minimum atomic E-state index is 0.163. The molecule has 0 heterocycles. The number of benzene rings is 1. The van der Waals surface area contributed by atoms with Gasteiger partial charge in [-0.25, -0.2) is 0 Å². The lowest BCUT2D eigenvalue weighted by Gasteiger charge is -2.00. The second kappa shape index (κ2) is 9.23. The predicted molar refractivity (Wildman–Crippen MR) is 73.0 cm³/mol. The molecule has 0 N–H and O–H groups in total. The van der Waals surface area contributed by atoms with Crippen molar-refractivity contribution in [3.8, 4) is 6.07 Å². The zero-order valence-corrected chi connectivity index (χ0v) is 10.9. The van der Waals surface area contributed by atoms with Crippen LogP contribution < -0.4 is 0 Å². The molecule has 0 bridgehead atoms. The van der Waals surface area contributed by atoms with Gasteiger partial charge in [-0.3, -0.25) is 0 Å². The van der Waals surface area contributed by atoms with Gasteiger partial charge < -0.3 is 4.84 Å². The lowest BCUT2D eigenvalue weighted by molar-refractivity contribution is 0.131. The van der Waals surface area contributed by atoms with E-state index < -0.39 is 0 Å². The second-order valence-electron chi connectivity index (χ2n) is 4.36. The standard InChI is InChI=1S/C15H20N2O/c1-14(12-16)8-4-3-7-11-17-18-13-15-9-5-2-6-10-15/h2,5-6,9-11,14H,3-4,7-8,13H2,1H3. The Morgan fingerprint density at radius 2 is 2.11 bits per heavy atom. The van der Waals surface area contributed by atoms with Crippen LogP contribution >= 0.6 is 0 Å². The Morgan fingerprint density at radius 1 is 1.33 bits per heavy atom. The summed E-state index contributed by atoms with van der Waals surface area (Å²) in [5.41, 5.74) is 1.12. The van der Waals surface area contributed by atoms with Crippen molar-refractivity contribution in [1.29, 1.82) is 5.26 Å². The molecular weight excluding hydrogens is 224 g/mol. The highest BCUT2D eigenvalue weighted by atomic mass is 16.6. The van der Waals surface area contributed by atoms with Crippen molar-refractivity contribution < 1.29 is 4.84 Å². The van der Waals surface area contributed by atoms with Crippen molar-refractivity contribution >= 4 is 6.21 Å². The number of hydrogen-bond donors (Lipinski definition) is 0. The van der Waals surface area contributed by atoms with Crippen molar-refractivity contribution in [2.75, 3.05) is 0 Å². The first kappa shape index (κ1) is 14.2. The maximum absolute atomic E-state index is 8.62. The first-order valence-electron chi connectivity index (χ1n) is 6.40. The summed E-state index contributed by atoms with van der Waals surface area (Å²) < 4.78 is 0. The van der Waals surface area contributed by atoms with Gasteiger partial charge in [0.1, 0.15) is 6.61 Å². The molecule has 3 nitrogen and oxygen atoms in total. The number of nitrogens with zero attached hydrogens (tertiary/aromatic N) is 2. The smallest absolute Gasteiger partial charge is 0.142 e. The van der Waals surface area contributed by atoms with Gasteiger partial charge >= 0.3 is 0 Å². The van der Waals surface area contributed by atoms with Crippen LogP contribution in [0.2, 0.25) is 0 Å². The third-order valence-corrected chi connectivity index (χ3v) is 2.66. The Kier molecular flexibility index (Phi) is 7.31. The summed E-state index contributed by atoms with van der Waals surface area (Å²) in [6.07, 6.45) is 5.81. The molecule has 0 radical (unpaired) electrons. The molecular formula is C15H20N2O. The van der Waals surface area contributed by atoms with Crippen molar-refractivity contribution in [1.82, 2.24) is 0 Å². The van der Waals surface area contributed by atoms with E-state index in [0.717, 1.165) is 31.2 Å². The van der Waals surface area contributed by atoms with Crippen LogP contribution in [0.1, 0.15) is 38.2 Å². The molecule has 1 rings (SSSR count). The fourth-order valence-corrected chi connectivity index (χ4v) is 1.54. The summed E-state index contributed by atoms with van der Waals surface area (Å²) in [6.45, 7) is 2.47. The van der Waals surface area contributed by atoms with Crippen LogP contribution in [-0.2, 0) is 11.4 Å². The summed E-state index contributed by atoms with van der Waals surface area (Å²) >= 11 is 0. The molecule has 1 atom stereocenters. The summed E-state index contributed by atoms with van der Waals surface area (Å²) in [6, 6.07) is 12.2. The molecule has 18 heavy (non-hydrogen) atoms. The average Bonchev–Trinajstić information content (AvgIpc) is 2.42. The molecule has 0 fully saturated rings. The average molecular weight is 244 g/mol. The molecule has 1 aromatic rings. The number of rotatable bonds is 8. The van der Waals surface area contributed by atoms with Gasteiger partial charge in [0.2, 0.25) is 0 Å². The van der Waals surface area contributed by atoms with Gasteiger partial charge in [0.15, 0.2) is 0 Å². The van der Waals surface area contributed by atoms with Crippen molar-refractivity contribution in [3.63, 3.8) is 0 Å². The van der Waals surface area contributed by atoms with Gasteiger partial charge in [-0.1, -0.05) is 41.9 Å². The molecule has 96 valence electrons. The Bertz CT molecular complexity index is 381. The van der Waals surface area contributed by atoms with Crippen molar-refractivity contribution in [2.24, 2.45) is 11.1 Å². The van der Waals surface area contributed by atoms with Gasteiger partial charge in [-0.05, 0) is 31.7 Å². The minimum absolute atomic E-state index is 0.163. The van der Waals surface area contributed by atoms with Crippen LogP contribution in [0.5, 0.6) is 0 Å². The fourth-order valence-electron chi connectivity index (χ4n) is 1.54. The van der Waals surface area contributed by atoms with Crippen molar-refractivity contribution in [3.05, 3.63) is 35.9 Å².